The highest BCUT2D eigenvalue weighted by Gasteiger charge is 2.31. The highest BCUT2D eigenvalue weighted by atomic mass is 16.3. The number of amides is 1. The van der Waals surface area contributed by atoms with Gasteiger partial charge in [0.15, 0.2) is 5.69 Å². The maximum absolute atomic E-state index is 11.6. The number of likely N-dealkylation sites (tertiary alicyclic amines) is 1. The van der Waals surface area contributed by atoms with Gasteiger partial charge in [0.25, 0.3) is 5.91 Å². The van der Waals surface area contributed by atoms with Gasteiger partial charge < -0.3 is 10.0 Å². The number of carbonyl (C=O) groups is 1. The fourth-order valence-electron chi connectivity index (χ4n) is 1.46. The molecule has 1 amide bonds. The van der Waals surface area contributed by atoms with Crippen LogP contribution in [-0.4, -0.2) is 50.6 Å². The first-order valence-electron chi connectivity index (χ1n) is 4.47. The molecule has 6 heteroatoms. The predicted molar refractivity (Wildman–Crippen MR) is 47.5 cm³/mol. The minimum atomic E-state index is -0.109. The second kappa shape index (κ2) is 3.38. The van der Waals surface area contributed by atoms with Gasteiger partial charge in [-0.3, -0.25) is 9.48 Å². The Kier molecular flexibility index (Phi) is 2.20. The van der Waals surface area contributed by atoms with Crippen molar-refractivity contribution in [1.82, 2.24) is 19.9 Å². The molecular weight excluding hydrogens is 184 g/mol. The number of carbonyl (C=O) groups excluding carboxylic acids is 1. The fraction of sp³-hybridized carbons (Fsp3) is 0.625. The van der Waals surface area contributed by atoms with Gasteiger partial charge in [0.05, 0.1) is 6.20 Å². The molecule has 0 atom stereocenters. The zero-order chi connectivity index (χ0) is 10.1. The van der Waals surface area contributed by atoms with Crippen molar-refractivity contribution in [1.29, 1.82) is 0 Å². The number of hydrogen-bond acceptors (Lipinski definition) is 4. The van der Waals surface area contributed by atoms with E-state index in [1.165, 1.54) is 4.68 Å². The van der Waals surface area contributed by atoms with Crippen LogP contribution in [-0.2, 0) is 7.05 Å². The van der Waals surface area contributed by atoms with E-state index in [-0.39, 0.29) is 18.4 Å². The number of aryl methyl sites for hydroxylation is 1. The molecule has 0 spiro atoms. The standard InChI is InChI=1S/C8H12N4O2/c1-11-4-7(9-10-11)8(14)12-2-6(3-12)5-13/h4,6,13H,2-3,5H2,1H3. The Morgan fingerprint density at radius 1 is 1.71 bits per heavy atom. The molecule has 0 radical (unpaired) electrons. The van der Waals surface area contributed by atoms with Crippen LogP contribution in [0.15, 0.2) is 6.20 Å². The Labute approximate surface area is 81.1 Å². The lowest BCUT2D eigenvalue weighted by atomic mass is 10.0. The first-order valence-corrected chi connectivity index (χ1v) is 4.47. The molecule has 0 unspecified atom stereocenters. The summed E-state index contributed by atoms with van der Waals surface area (Å²) in [6.07, 6.45) is 1.59. The van der Waals surface area contributed by atoms with Crippen LogP contribution in [0.3, 0.4) is 0 Å². The fourth-order valence-corrected chi connectivity index (χ4v) is 1.46. The van der Waals surface area contributed by atoms with Gasteiger partial charge in [0.1, 0.15) is 0 Å². The van der Waals surface area contributed by atoms with Crippen molar-refractivity contribution in [3.63, 3.8) is 0 Å². The van der Waals surface area contributed by atoms with E-state index in [4.69, 9.17) is 5.11 Å². The van der Waals surface area contributed by atoms with E-state index < -0.39 is 0 Å². The van der Waals surface area contributed by atoms with Crippen LogP contribution in [0.5, 0.6) is 0 Å². The molecule has 1 fully saturated rings. The Morgan fingerprint density at radius 3 is 2.93 bits per heavy atom. The molecule has 0 aliphatic carbocycles. The molecule has 14 heavy (non-hydrogen) atoms. The highest BCUT2D eigenvalue weighted by molar-refractivity contribution is 5.92. The molecule has 0 saturated carbocycles. The summed E-state index contributed by atoms with van der Waals surface area (Å²) < 4.78 is 1.50. The lowest BCUT2D eigenvalue weighted by Gasteiger charge is -2.37. The van der Waals surface area contributed by atoms with Gasteiger partial charge in [0, 0.05) is 32.7 Å². The smallest absolute Gasteiger partial charge is 0.276 e. The highest BCUT2D eigenvalue weighted by Crippen LogP contribution is 2.16. The maximum Gasteiger partial charge on any atom is 0.276 e. The molecule has 1 N–H and O–H groups in total. The molecule has 1 aliphatic heterocycles. The van der Waals surface area contributed by atoms with E-state index in [9.17, 15) is 4.79 Å². The van der Waals surface area contributed by atoms with Crippen LogP contribution in [0.4, 0.5) is 0 Å². The molecule has 2 rings (SSSR count). The van der Waals surface area contributed by atoms with Crippen molar-refractivity contribution in [2.24, 2.45) is 13.0 Å². The molecule has 6 nitrogen and oxygen atoms in total. The van der Waals surface area contributed by atoms with Gasteiger partial charge in [0.2, 0.25) is 0 Å². The normalized spacial score (nSPS) is 16.9. The predicted octanol–water partition coefficient (Wildman–Crippen LogP) is -1.12. The maximum atomic E-state index is 11.6. The zero-order valence-corrected chi connectivity index (χ0v) is 7.92. The zero-order valence-electron chi connectivity index (χ0n) is 7.92. The minimum Gasteiger partial charge on any atom is -0.396 e. The van der Waals surface area contributed by atoms with Crippen LogP contribution in [0.25, 0.3) is 0 Å². The van der Waals surface area contributed by atoms with Gasteiger partial charge in [-0.15, -0.1) is 5.10 Å². The first kappa shape index (κ1) is 9.14. The lowest BCUT2D eigenvalue weighted by molar-refractivity contribution is 0.0356. The van der Waals surface area contributed by atoms with Crippen LogP contribution >= 0.6 is 0 Å². The number of aromatic nitrogens is 3. The van der Waals surface area contributed by atoms with Gasteiger partial charge in [-0.25, -0.2) is 0 Å². The van der Waals surface area contributed by atoms with E-state index in [0.29, 0.717) is 18.8 Å². The van der Waals surface area contributed by atoms with Crippen molar-refractivity contribution in [3.05, 3.63) is 11.9 Å². The second-order valence-electron chi connectivity index (χ2n) is 3.54. The van der Waals surface area contributed by atoms with Gasteiger partial charge in [-0.2, -0.15) is 0 Å². The lowest BCUT2D eigenvalue weighted by Crippen LogP contribution is -2.51. The summed E-state index contributed by atoms with van der Waals surface area (Å²) in [6, 6.07) is 0. The van der Waals surface area contributed by atoms with Gasteiger partial charge in [-0.05, 0) is 0 Å². The molecule has 1 aromatic heterocycles. The van der Waals surface area contributed by atoms with Crippen LogP contribution in [0.1, 0.15) is 10.5 Å². The summed E-state index contributed by atoms with van der Waals surface area (Å²) >= 11 is 0. The van der Waals surface area contributed by atoms with Crippen LogP contribution in [0, 0.1) is 5.92 Å². The summed E-state index contributed by atoms with van der Waals surface area (Å²) in [5.74, 6) is 0.124. The molecule has 1 aliphatic rings. The third-order valence-electron chi connectivity index (χ3n) is 2.32. The number of nitrogens with zero attached hydrogens (tertiary/aromatic N) is 4. The largest absolute Gasteiger partial charge is 0.396 e. The molecule has 1 aromatic rings. The Hall–Kier alpha value is -1.43. The van der Waals surface area contributed by atoms with Crippen molar-refractivity contribution < 1.29 is 9.90 Å². The number of rotatable bonds is 2. The molecule has 2 heterocycles. The molecule has 76 valence electrons. The Balaban J connectivity index is 1.97. The van der Waals surface area contributed by atoms with Crippen molar-refractivity contribution in [2.45, 2.75) is 0 Å². The van der Waals surface area contributed by atoms with Crippen molar-refractivity contribution >= 4 is 5.91 Å². The molecular formula is C8H12N4O2. The Morgan fingerprint density at radius 2 is 2.43 bits per heavy atom. The molecule has 1 saturated heterocycles. The molecule has 0 bridgehead atoms. The summed E-state index contributed by atoms with van der Waals surface area (Å²) in [4.78, 5) is 13.3. The monoisotopic (exact) mass is 196 g/mol. The SMILES string of the molecule is Cn1cc(C(=O)N2CC(CO)C2)nn1. The number of aliphatic hydroxyl groups is 1. The summed E-state index contributed by atoms with van der Waals surface area (Å²) in [7, 11) is 1.72. The van der Waals surface area contributed by atoms with E-state index in [1.54, 1.807) is 18.1 Å². The van der Waals surface area contributed by atoms with E-state index in [2.05, 4.69) is 10.3 Å². The van der Waals surface area contributed by atoms with E-state index >= 15 is 0 Å². The first-order chi connectivity index (χ1) is 6.70. The van der Waals surface area contributed by atoms with E-state index in [1.807, 2.05) is 0 Å². The topological polar surface area (TPSA) is 71.2 Å². The average Bonchev–Trinajstić information content (AvgIpc) is 2.49. The summed E-state index contributed by atoms with van der Waals surface area (Å²) in [6.45, 7) is 1.38. The summed E-state index contributed by atoms with van der Waals surface area (Å²) in [5, 5.41) is 16.2. The van der Waals surface area contributed by atoms with Crippen LogP contribution < -0.4 is 0 Å². The summed E-state index contributed by atoms with van der Waals surface area (Å²) in [5.41, 5.74) is 0.365. The van der Waals surface area contributed by atoms with Crippen molar-refractivity contribution in [3.8, 4) is 0 Å². The average molecular weight is 196 g/mol. The van der Waals surface area contributed by atoms with E-state index in [0.717, 1.165) is 0 Å². The second-order valence-corrected chi connectivity index (χ2v) is 3.54. The number of hydrogen-bond donors (Lipinski definition) is 1. The van der Waals surface area contributed by atoms with Crippen molar-refractivity contribution in [2.75, 3.05) is 19.7 Å². The number of aliphatic hydroxyl groups excluding tert-OH is 1. The van der Waals surface area contributed by atoms with Crippen LogP contribution in [0.2, 0.25) is 0 Å². The Bertz CT molecular complexity index is 343. The third-order valence-corrected chi connectivity index (χ3v) is 2.32. The van der Waals surface area contributed by atoms with Gasteiger partial charge in [-0.1, -0.05) is 5.21 Å². The van der Waals surface area contributed by atoms with Gasteiger partial charge >= 0.3 is 0 Å². The minimum absolute atomic E-state index is 0.109. The third kappa shape index (κ3) is 1.48. The molecule has 0 aromatic carbocycles. The quantitative estimate of drug-likeness (QED) is 0.650.